The highest BCUT2D eigenvalue weighted by Gasteiger charge is 2.46. The van der Waals surface area contributed by atoms with E-state index in [1.807, 2.05) is 49.3 Å². The molecule has 6 heteroatoms. The van der Waals surface area contributed by atoms with E-state index < -0.39 is 17.5 Å². The average molecular weight is 343 g/mol. The van der Waals surface area contributed by atoms with Crippen LogP contribution < -0.4 is 0 Å². The van der Waals surface area contributed by atoms with Crippen molar-refractivity contribution in [2.75, 3.05) is 27.2 Å². The molecule has 0 saturated carbocycles. The Kier molecular flexibility index (Phi) is 4.83. The van der Waals surface area contributed by atoms with Gasteiger partial charge in [-0.1, -0.05) is 30.3 Å². The van der Waals surface area contributed by atoms with Gasteiger partial charge in [-0.3, -0.25) is 14.7 Å². The van der Waals surface area contributed by atoms with Crippen molar-refractivity contribution in [3.8, 4) is 0 Å². The lowest BCUT2D eigenvalue weighted by atomic mass is 9.77. The van der Waals surface area contributed by atoms with Gasteiger partial charge in [-0.15, -0.1) is 0 Å². The van der Waals surface area contributed by atoms with Crippen molar-refractivity contribution in [2.45, 2.75) is 18.1 Å². The minimum Gasteiger partial charge on any atom is -0.389 e. The van der Waals surface area contributed by atoms with Crippen LogP contribution >= 0.6 is 0 Å². The smallest absolute Gasteiger partial charge is 0.255 e. The largest absolute Gasteiger partial charge is 0.389 e. The van der Waals surface area contributed by atoms with Gasteiger partial charge in [0, 0.05) is 19.3 Å². The van der Waals surface area contributed by atoms with E-state index in [1.165, 1.54) is 12.3 Å². The fraction of sp³-hybridized carbons (Fsp3) is 0.368. The van der Waals surface area contributed by atoms with Crippen LogP contribution in [0.3, 0.4) is 0 Å². The van der Waals surface area contributed by atoms with E-state index in [2.05, 4.69) is 4.98 Å². The van der Waals surface area contributed by atoms with Crippen molar-refractivity contribution in [2.24, 2.45) is 0 Å². The summed E-state index contributed by atoms with van der Waals surface area (Å²) in [7, 11) is 3.87. The molecule has 2 atom stereocenters. The predicted molar refractivity (Wildman–Crippen MR) is 92.5 cm³/mol. The molecule has 1 aliphatic heterocycles. The summed E-state index contributed by atoms with van der Waals surface area (Å²) in [5.74, 6) is -0.859. The number of rotatable bonds is 3. The molecule has 1 aromatic heterocycles. The van der Waals surface area contributed by atoms with E-state index >= 15 is 0 Å². The molecule has 1 fully saturated rings. The number of pyridine rings is 1. The molecule has 1 amide bonds. The lowest BCUT2D eigenvalue weighted by Crippen LogP contribution is -2.60. The highest BCUT2D eigenvalue weighted by atomic mass is 19.1. The number of aliphatic hydroxyl groups is 1. The van der Waals surface area contributed by atoms with Crippen molar-refractivity contribution >= 4 is 5.91 Å². The fourth-order valence-electron chi connectivity index (χ4n) is 3.66. The first-order valence-corrected chi connectivity index (χ1v) is 8.26. The second kappa shape index (κ2) is 6.90. The third-order valence-electron chi connectivity index (χ3n) is 5.02. The van der Waals surface area contributed by atoms with Crippen LogP contribution in [0.25, 0.3) is 0 Å². The Balaban J connectivity index is 1.85. The number of aliphatic hydroxyl groups excluding tert-OH is 1. The van der Waals surface area contributed by atoms with Gasteiger partial charge in [0.25, 0.3) is 5.91 Å². The molecule has 25 heavy (non-hydrogen) atoms. The summed E-state index contributed by atoms with van der Waals surface area (Å²) in [4.78, 5) is 19.9. The first-order chi connectivity index (χ1) is 11.9. The Morgan fingerprint density at radius 2 is 2.04 bits per heavy atom. The summed E-state index contributed by atoms with van der Waals surface area (Å²) in [6.45, 7) is 0.655. The van der Waals surface area contributed by atoms with Gasteiger partial charge in [0.15, 0.2) is 0 Å². The van der Waals surface area contributed by atoms with Gasteiger partial charge >= 0.3 is 0 Å². The number of nitrogens with zero attached hydrogens (tertiary/aromatic N) is 3. The van der Waals surface area contributed by atoms with E-state index in [-0.39, 0.29) is 18.0 Å². The van der Waals surface area contributed by atoms with Crippen molar-refractivity contribution in [1.29, 1.82) is 0 Å². The number of hydrogen-bond acceptors (Lipinski definition) is 4. The van der Waals surface area contributed by atoms with E-state index in [0.29, 0.717) is 13.0 Å². The van der Waals surface area contributed by atoms with Gasteiger partial charge in [0.1, 0.15) is 5.82 Å². The lowest BCUT2D eigenvalue weighted by Gasteiger charge is -2.49. The van der Waals surface area contributed by atoms with Gasteiger partial charge < -0.3 is 10.0 Å². The standard InChI is InChI=1S/C19H22FN3O2/c1-22(2)19(15-6-4-3-5-7-15)8-9-23(13-17(19)24)18(25)14-10-16(20)12-21-11-14/h3-7,10-12,17,24H,8-9,13H2,1-2H3/t17-,19+/m1/s1. The first-order valence-electron chi connectivity index (χ1n) is 8.26. The maximum absolute atomic E-state index is 13.3. The van der Waals surface area contributed by atoms with Gasteiger partial charge in [-0.2, -0.15) is 0 Å². The van der Waals surface area contributed by atoms with Gasteiger partial charge in [-0.05, 0) is 32.1 Å². The van der Waals surface area contributed by atoms with Crippen molar-refractivity contribution < 1.29 is 14.3 Å². The van der Waals surface area contributed by atoms with Crippen LogP contribution in [0, 0.1) is 5.82 Å². The fourth-order valence-corrected chi connectivity index (χ4v) is 3.66. The molecular weight excluding hydrogens is 321 g/mol. The zero-order valence-electron chi connectivity index (χ0n) is 14.4. The molecule has 5 nitrogen and oxygen atoms in total. The highest BCUT2D eigenvalue weighted by Crippen LogP contribution is 2.37. The normalized spacial score (nSPS) is 23.7. The predicted octanol–water partition coefficient (Wildman–Crippen LogP) is 1.88. The topological polar surface area (TPSA) is 56.7 Å². The number of benzene rings is 1. The van der Waals surface area contributed by atoms with Crippen LogP contribution in [0.5, 0.6) is 0 Å². The summed E-state index contributed by atoms with van der Waals surface area (Å²) in [6, 6.07) is 11.0. The molecule has 0 spiro atoms. The monoisotopic (exact) mass is 343 g/mol. The second-order valence-electron chi connectivity index (χ2n) is 6.59. The molecular formula is C19H22FN3O2. The number of aromatic nitrogens is 1. The van der Waals surface area contributed by atoms with Crippen LogP contribution in [-0.4, -0.2) is 59.1 Å². The van der Waals surface area contributed by atoms with E-state index in [0.717, 1.165) is 11.8 Å². The first kappa shape index (κ1) is 17.5. The Labute approximate surface area is 146 Å². The Morgan fingerprint density at radius 1 is 1.32 bits per heavy atom. The SMILES string of the molecule is CN(C)[C@]1(c2ccccc2)CCN(C(=O)c2cncc(F)c2)C[C@H]1O. The number of hydrogen-bond donors (Lipinski definition) is 1. The summed E-state index contributed by atoms with van der Waals surface area (Å²) in [5, 5.41) is 10.9. The lowest BCUT2D eigenvalue weighted by molar-refractivity contribution is -0.0612. The Bertz CT molecular complexity index is 753. The second-order valence-corrected chi connectivity index (χ2v) is 6.59. The molecule has 0 aliphatic carbocycles. The van der Waals surface area contributed by atoms with Crippen molar-refractivity contribution in [3.05, 3.63) is 65.7 Å². The highest BCUT2D eigenvalue weighted by molar-refractivity contribution is 5.94. The Morgan fingerprint density at radius 3 is 2.64 bits per heavy atom. The van der Waals surface area contributed by atoms with Gasteiger partial charge in [-0.25, -0.2) is 4.39 Å². The number of amides is 1. The summed E-state index contributed by atoms with van der Waals surface area (Å²) in [5.41, 5.74) is 0.661. The minimum atomic E-state index is -0.760. The van der Waals surface area contributed by atoms with E-state index in [4.69, 9.17) is 0 Å². The summed E-state index contributed by atoms with van der Waals surface area (Å²) >= 11 is 0. The summed E-state index contributed by atoms with van der Waals surface area (Å²) in [6.07, 6.45) is 2.24. The molecule has 2 heterocycles. The van der Waals surface area contributed by atoms with Crippen LogP contribution in [0.15, 0.2) is 48.8 Å². The number of carbonyl (C=O) groups is 1. The Hall–Kier alpha value is -2.31. The molecule has 1 N–H and O–H groups in total. The molecule has 1 aromatic carbocycles. The van der Waals surface area contributed by atoms with Crippen molar-refractivity contribution in [1.82, 2.24) is 14.8 Å². The molecule has 1 saturated heterocycles. The van der Waals surface area contributed by atoms with E-state index in [9.17, 15) is 14.3 Å². The van der Waals surface area contributed by atoms with Crippen LogP contribution in [0.1, 0.15) is 22.3 Å². The molecule has 0 radical (unpaired) electrons. The number of carbonyl (C=O) groups excluding carboxylic acids is 1. The maximum atomic E-state index is 13.3. The van der Waals surface area contributed by atoms with Crippen LogP contribution in [0.4, 0.5) is 4.39 Å². The number of piperidine rings is 1. The van der Waals surface area contributed by atoms with Crippen LogP contribution in [-0.2, 0) is 5.54 Å². The third kappa shape index (κ3) is 3.15. The molecule has 132 valence electrons. The van der Waals surface area contributed by atoms with Crippen LogP contribution in [0.2, 0.25) is 0 Å². The molecule has 3 rings (SSSR count). The molecule has 1 aliphatic rings. The maximum Gasteiger partial charge on any atom is 0.255 e. The van der Waals surface area contributed by atoms with Gasteiger partial charge in [0.05, 0.1) is 23.4 Å². The quantitative estimate of drug-likeness (QED) is 0.925. The van der Waals surface area contributed by atoms with Gasteiger partial charge in [0.2, 0.25) is 0 Å². The number of β-amino-alcohol motifs (C(OH)–C–C–N with tert-alkyl or cyclic N) is 1. The number of likely N-dealkylation sites (tertiary alicyclic amines) is 1. The third-order valence-corrected chi connectivity index (χ3v) is 5.02. The zero-order chi connectivity index (χ0) is 18.0. The number of halogens is 1. The zero-order valence-corrected chi connectivity index (χ0v) is 14.4. The molecule has 0 unspecified atom stereocenters. The van der Waals surface area contributed by atoms with E-state index in [1.54, 1.807) is 4.90 Å². The molecule has 0 bridgehead atoms. The average Bonchev–Trinajstić information content (AvgIpc) is 2.61. The number of likely N-dealkylation sites (N-methyl/N-ethyl adjacent to an activating group) is 1. The molecule has 2 aromatic rings. The van der Waals surface area contributed by atoms with Crippen molar-refractivity contribution in [3.63, 3.8) is 0 Å². The summed E-state index contributed by atoms with van der Waals surface area (Å²) < 4.78 is 13.3. The minimum absolute atomic E-state index is 0.183.